The van der Waals surface area contributed by atoms with Crippen LogP contribution in [0.4, 0.5) is 5.69 Å². The average molecular weight is 261 g/mol. The molecule has 0 aliphatic carbocycles. The minimum atomic E-state index is -0.283. The van der Waals surface area contributed by atoms with Gasteiger partial charge in [0.1, 0.15) is 17.2 Å². The van der Waals surface area contributed by atoms with E-state index in [1.165, 1.54) is 6.33 Å². The van der Waals surface area contributed by atoms with Crippen molar-refractivity contribution in [3.8, 4) is 11.5 Å². The van der Waals surface area contributed by atoms with E-state index >= 15 is 0 Å². The number of aromatic amines is 1. The lowest BCUT2D eigenvalue weighted by atomic mass is 10.2. The van der Waals surface area contributed by atoms with Gasteiger partial charge in [-0.05, 0) is 6.92 Å². The molecule has 0 radical (unpaired) electrons. The Morgan fingerprint density at radius 2 is 1.84 bits per heavy atom. The summed E-state index contributed by atoms with van der Waals surface area (Å²) in [6.45, 7) is 1.79. The summed E-state index contributed by atoms with van der Waals surface area (Å²) in [4.78, 5) is 18.8. The fourth-order valence-corrected chi connectivity index (χ4v) is 1.66. The minimum Gasteiger partial charge on any atom is -0.497 e. The van der Waals surface area contributed by atoms with Crippen molar-refractivity contribution >= 4 is 11.6 Å². The van der Waals surface area contributed by atoms with Gasteiger partial charge in [0, 0.05) is 29.6 Å². The molecule has 1 amide bonds. The van der Waals surface area contributed by atoms with Crippen molar-refractivity contribution in [1.29, 1.82) is 0 Å². The lowest BCUT2D eigenvalue weighted by molar-refractivity contribution is 0.102. The standard InChI is InChI=1S/C13H15N3O3/c1-8-12(15-7-14-8)13(17)16-9-4-10(18-2)6-11(5-9)19-3/h4-7H,1-3H3,(H,14,15)(H,16,17). The predicted molar refractivity (Wildman–Crippen MR) is 70.8 cm³/mol. The van der Waals surface area contributed by atoms with Gasteiger partial charge < -0.3 is 19.8 Å². The number of aromatic nitrogens is 2. The smallest absolute Gasteiger partial charge is 0.276 e. The molecule has 0 spiro atoms. The number of methoxy groups -OCH3 is 2. The van der Waals surface area contributed by atoms with Gasteiger partial charge >= 0.3 is 0 Å². The molecular weight excluding hydrogens is 246 g/mol. The van der Waals surface area contributed by atoms with E-state index < -0.39 is 0 Å². The van der Waals surface area contributed by atoms with Crippen LogP contribution in [0.3, 0.4) is 0 Å². The van der Waals surface area contributed by atoms with Crippen molar-refractivity contribution in [2.45, 2.75) is 6.92 Å². The van der Waals surface area contributed by atoms with Crippen molar-refractivity contribution in [2.24, 2.45) is 0 Å². The summed E-state index contributed by atoms with van der Waals surface area (Å²) < 4.78 is 10.3. The normalized spacial score (nSPS) is 10.1. The number of carbonyl (C=O) groups is 1. The van der Waals surface area contributed by atoms with Gasteiger partial charge in [-0.25, -0.2) is 4.98 Å². The first-order chi connectivity index (χ1) is 9.13. The molecule has 2 rings (SSSR count). The van der Waals surface area contributed by atoms with Crippen molar-refractivity contribution < 1.29 is 14.3 Å². The Morgan fingerprint density at radius 3 is 2.32 bits per heavy atom. The highest BCUT2D eigenvalue weighted by molar-refractivity contribution is 6.03. The SMILES string of the molecule is COc1cc(NC(=O)c2nc[nH]c2C)cc(OC)c1. The number of H-pyrrole nitrogens is 1. The number of hydrogen-bond acceptors (Lipinski definition) is 4. The first kappa shape index (κ1) is 12.9. The topological polar surface area (TPSA) is 76.2 Å². The van der Waals surface area contributed by atoms with E-state index in [0.717, 1.165) is 0 Å². The predicted octanol–water partition coefficient (Wildman–Crippen LogP) is 1.99. The number of benzene rings is 1. The number of imidazole rings is 1. The number of nitrogens with one attached hydrogen (secondary N) is 2. The Labute approximate surface area is 110 Å². The Kier molecular flexibility index (Phi) is 3.70. The summed E-state index contributed by atoms with van der Waals surface area (Å²) in [5.41, 5.74) is 1.66. The van der Waals surface area contributed by atoms with Crippen molar-refractivity contribution in [3.63, 3.8) is 0 Å². The summed E-state index contributed by atoms with van der Waals surface area (Å²) in [5.74, 6) is 0.927. The second-order valence-corrected chi connectivity index (χ2v) is 3.93. The first-order valence-corrected chi connectivity index (χ1v) is 5.68. The molecule has 1 aromatic heterocycles. The van der Waals surface area contributed by atoms with Crippen LogP contribution in [-0.4, -0.2) is 30.1 Å². The van der Waals surface area contributed by atoms with Crippen molar-refractivity contribution in [3.05, 3.63) is 35.9 Å². The fourth-order valence-electron chi connectivity index (χ4n) is 1.66. The fraction of sp³-hybridized carbons (Fsp3) is 0.231. The van der Waals surface area contributed by atoms with Crippen molar-refractivity contribution in [2.75, 3.05) is 19.5 Å². The molecule has 0 saturated heterocycles. The molecule has 6 heteroatoms. The van der Waals surface area contributed by atoms with Gasteiger partial charge in [-0.3, -0.25) is 4.79 Å². The monoisotopic (exact) mass is 261 g/mol. The summed E-state index contributed by atoms with van der Waals surface area (Å²) in [6.07, 6.45) is 1.48. The van der Waals surface area contributed by atoms with Crippen LogP contribution in [0.2, 0.25) is 0 Å². The lowest BCUT2D eigenvalue weighted by Gasteiger charge is -2.09. The van der Waals surface area contributed by atoms with E-state index in [-0.39, 0.29) is 5.91 Å². The highest BCUT2D eigenvalue weighted by Gasteiger charge is 2.12. The molecule has 0 aliphatic heterocycles. The van der Waals surface area contributed by atoms with Gasteiger partial charge in [0.05, 0.1) is 20.5 Å². The number of carbonyl (C=O) groups excluding carboxylic acids is 1. The maximum Gasteiger partial charge on any atom is 0.276 e. The zero-order valence-electron chi connectivity index (χ0n) is 11.0. The molecule has 0 saturated carbocycles. The molecule has 6 nitrogen and oxygen atoms in total. The van der Waals surface area contributed by atoms with Crippen LogP contribution in [0, 0.1) is 6.92 Å². The molecule has 100 valence electrons. The van der Waals surface area contributed by atoms with E-state index in [4.69, 9.17) is 9.47 Å². The Balaban J connectivity index is 2.23. The zero-order chi connectivity index (χ0) is 13.8. The van der Waals surface area contributed by atoms with Crippen LogP contribution in [0.15, 0.2) is 24.5 Å². The lowest BCUT2D eigenvalue weighted by Crippen LogP contribution is -2.13. The summed E-state index contributed by atoms with van der Waals surface area (Å²) >= 11 is 0. The third kappa shape index (κ3) is 2.85. The van der Waals surface area contributed by atoms with Gasteiger partial charge in [0.15, 0.2) is 0 Å². The molecule has 2 N–H and O–H groups in total. The van der Waals surface area contributed by atoms with Crippen LogP contribution in [-0.2, 0) is 0 Å². The number of ether oxygens (including phenoxy) is 2. The molecule has 0 unspecified atom stereocenters. The third-order valence-electron chi connectivity index (χ3n) is 2.65. The summed E-state index contributed by atoms with van der Waals surface area (Å²) in [6, 6.07) is 5.15. The quantitative estimate of drug-likeness (QED) is 0.882. The highest BCUT2D eigenvalue weighted by atomic mass is 16.5. The molecule has 0 fully saturated rings. The van der Waals surface area contributed by atoms with Gasteiger partial charge in [0.25, 0.3) is 5.91 Å². The largest absolute Gasteiger partial charge is 0.497 e. The Hall–Kier alpha value is -2.50. The molecule has 2 aromatic rings. The molecule has 0 atom stereocenters. The molecule has 0 bridgehead atoms. The third-order valence-corrected chi connectivity index (χ3v) is 2.65. The van der Waals surface area contributed by atoms with E-state index in [1.807, 2.05) is 0 Å². The molecule has 0 aliphatic rings. The maximum atomic E-state index is 12.0. The number of aryl methyl sites for hydroxylation is 1. The number of anilines is 1. The Morgan fingerprint density at radius 1 is 1.21 bits per heavy atom. The van der Waals surface area contributed by atoms with Gasteiger partial charge in [-0.1, -0.05) is 0 Å². The molecular formula is C13H15N3O3. The van der Waals surface area contributed by atoms with Crippen molar-refractivity contribution in [1.82, 2.24) is 9.97 Å². The average Bonchev–Trinajstić information content (AvgIpc) is 2.84. The van der Waals surface area contributed by atoms with Crippen LogP contribution in [0.25, 0.3) is 0 Å². The summed E-state index contributed by atoms with van der Waals surface area (Å²) in [7, 11) is 3.11. The maximum absolute atomic E-state index is 12.0. The number of nitrogens with zero attached hydrogens (tertiary/aromatic N) is 1. The highest BCUT2D eigenvalue weighted by Crippen LogP contribution is 2.26. The van der Waals surface area contributed by atoms with E-state index in [2.05, 4.69) is 15.3 Å². The summed E-state index contributed by atoms with van der Waals surface area (Å²) in [5, 5.41) is 2.75. The van der Waals surface area contributed by atoms with Gasteiger partial charge in [-0.15, -0.1) is 0 Å². The second kappa shape index (κ2) is 5.43. The van der Waals surface area contributed by atoms with E-state index in [0.29, 0.717) is 28.6 Å². The molecule has 19 heavy (non-hydrogen) atoms. The van der Waals surface area contributed by atoms with Gasteiger partial charge in [-0.2, -0.15) is 0 Å². The van der Waals surface area contributed by atoms with Crippen LogP contribution < -0.4 is 14.8 Å². The number of amides is 1. The molecule has 1 aromatic carbocycles. The van der Waals surface area contributed by atoms with Crippen LogP contribution >= 0.6 is 0 Å². The number of hydrogen-bond donors (Lipinski definition) is 2. The number of rotatable bonds is 4. The van der Waals surface area contributed by atoms with E-state index in [1.54, 1.807) is 39.3 Å². The van der Waals surface area contributed by atoms with Crippen LogP contribution in [0.1, 0.15) is 16.2 Å². The zero-order valence-corrected chi connectivity index (χ0v) is 11.0. The van der Waals surface area contributed by atoms with Crippen LogP contribution in [0.5, 0.6) is 11.5 Å². The van der Waals surface area contributed by atoms with Gasteiger partial charge in [0.2, 0.25) is 0 Å². The Bertz CT molecular complexity index is 570. The second-order valence-electron chi connectivity index (χ2n) is 3.93. The first-order valence-electron chi connectivity index (χ1n) is 5.68. The molecule has 1 heterocycles. The minimum absolute atomic E-state index is 0.283. The van der Waals surface area contributed by atoms with E-state index in [9.17, 15) is 4.79 Å².